The Balaban J connectivity index is 1.57. The minimum atomic E-state index is -1.93. The van der Waals surface area contributed by atoms with Crippen LogP contribution >= 0.6 is 0 Å². The number of benzene rings is 2. The number of amides is 2. The molecule has 3 rings (SSSR count). The first-order valence-electron chi connectivity index (χ1n) is 11.4. The van der Waals surface area contributed by atoms with Gasteiger partial charge in [0, 0.05) is 37.3 Å². The summed E-state index contributed by atoms with van der Waals surface area (Å²) in [5.41, 5.74) is -0.267. The summed E-state index contributed by atoms with van der Waals surface area (Å²) in [6, 6.07) is -0.894. The van der Waals surface area contributed by atoms with E-state index in [4.69, 9.17) is 5.11 Å². The molecule has 1 saturated heterocycles. The number of carboxylic acids is 1. The van der Waals surface area contributed by atoms with Gasteiger partial charge in [-0.2, -0.15) is 8.78 Å². The van der Waals surface area contributed by atoms with Gasteiger partial charge in [0.2, 0.25) is 23.4 Å². The molecule has 1 atom stereocenters. The van der Waals surface area contributed by atoms with Gasteiger partial charge in [0.05, 0.1) is 19.5 Å². The molecular formula is C24H20F7N3O6. The van der Waals surface area contributed by atoms with Gasteiger partial charge in [-0.05, 0) is 6.07 Å². The van der Waals surface area contributed by atoms with Crippen LogP contribution in [-0.2, 0) is 25.7 Å². The SMILES string of the molecule is O=C(O)CC(NC(=O)CN1CCN(Cc2cc(F)c(F)cc2F)C(=O)C1)C(=O)COc1c(F)c(F)cc(F)c1F. The number of carbonyl (C=O) groups is 4. The van der Waals surface area contributed by atoms with Crippen molar-refractivity contribution in [3.05, 3.63) is 64.5 Å². The zero-order valence-corrected chi connectivity index (χ0v) is 20.3. The smallest absolute Gasteiger partial charge is 0.305 e. The molecule has 0 bridgehead atoms. The number of nitrogens with zero attached hydrogens (tertiary/aromatic N) is 2. The average Bonchev–Trinajstić information content (AvgIpc) is 2.86. The van der Waals surface area contributed by atoms with Crippen molar-refractivity contribution in [1.29, 1.82) is 0 Å². The molecule has 9 nitrogen and oxygen atoms in total. The van der Waals surface area contributed by atoms with E-state index in [1.54, 1.807) is 0 Å². The number of halogens is 7. The molecule has 2 amide bonds. The molecular weight excluding hydrogens is 559 g/mol. The van der Waals surface area contributed by atoms with Crippen LogP contribution in [0.2, 0.25) is 0 Å². The van der Waals surface area contributed by atoms with Gasteiger partial charge in [-0.3, -0.25) is 24.1 Å². The van der Waals surface area contributed by atoms with E-state index in [1.807, 2.05) is 0 Å². The molecule has 216 valence electrons. The molecule has 1 heterocycles. The van der Waals surface area contributed by atoms with Crippen molar-refractivity contribution in [1.82, 2.24) is 15.1 Å². The molecule has 0 saturated carbocycles. The third-order valence-electron chi connectivity index (χ3n) is 5.75. The molecule has 1 unspecified atom stereocenters. The molecule has 2 aromatic rings. The lowest BCUT2D eigenvalue weighted by Crippen LogP contribution is -2.54. The Morgan fingerprint density at radius 1 is 0.900 bits per heavy atom. The van der Waals surface area contributed by atoms with Crippen molar-refractivity contribution in [2.24, 2.45) is 0 Å². The van der Waals surface area contributed by atoms with Gasteiger partial charge in [0.1, 0.15) is 18.5 Å². The topological polar surface area (TPSA) is 116 Å². The summed E-state index contributed by atoms with van der Waals surface area (Å²) in [5.74, 6) is -17.0. The van der Waals surface area contributed by atoms with Crippen molar-refractivity contribution < 1.29 is 59.8 Å². The predicted octanol–water partition coefficient (Wildman–Crippen LogP) is 1.91. The van der Waals surface area contributed by atoms with Crippen LogP contribution in [0.25, 0.3) is 0 Å². The van der Waals surface area contributed by atoms with E-state index < -0.39 is 95.7 Å². The Kier molecular flexibility index (Phi) is 9.68. The third kappa shape index (κ3) is 7.46. The number of hydrogen-bond acceptors (Lipinski definition) is 6. The number of carboxylic acid groups (broad SMARTS) is 1. The number of ether oxygens (including phenoxy) is 1. The Morgan fingerprint density at radius 2 is 1.50 bits per heavy atom. The number of aliphatic carboxylic acids is 1. The molecule has 1 fully saturated rings. The molecule has 16 heteroatoms. The van der Waals surface area contributed by atoms with Crippen molar-refractivity contribution in [2.75, 3.05) is 32.8 Å². The first kappa shape index (κ1) is 30.3. The monoisotopic (exact) mass is 579 g/mol. The lowest BCUT2D eigenvalue weighted by atomic mass is 10.1. The largest absolute Gasteiger partial charge is 0.481 e. The maximum absolute atomic E-state index is 13.9. The first-order valence-corrected chi connectivity index (χ1v) is 11.4. The number of piperazine rings is 1. The van der Waals surface area contributed by atoms with E-state index in [1.165, 1.54) is 4.90 Å². The first-order chi connectivity index (χ1) is 18.8. The fourth-order valence-electron chi connectivity index (χ4n) is 3.73. The molecule has 2 N–H and O–H groups in total. The highest BCUT2D eigenvalue weighted by atomic mass is 19.2. The maximum Gasteiger partial charge on any atom is 0.305 e. The minimum absolute atomic E-state index is 0.0444. The fraction of sp³-hybridized carbons (Fsp3) is 0.333. The molecule has 1 aliphatic rings. The van der Waals surface area contributed by atoms with Gasteiger partial charge < -0.3 is 20.1 Å². The molecule has 0 radical (unpaired) electrons. The summed E-state index contributed by atoms with van der Waals surface area (Å²) >= 11 is 0. The van der Waals surface area contributed by atoms with Crippen molar-refractivity contribution in [3.63, 3.8) is 0 Å². The molecule has 1 aliphatic heterocycles. The minimum Gasteiger partial charge on any atom is -0.481 e. The summed E-state index contributed by atoms with van der Waals surface area (Å²) in [6.45, 7) is -2.50. The Labute approximate surface area is 221 Å². The second-order valence-corrected chi connectivity index (χ2v) is 8.65. The third-order valence-corrected chi connectivity index (χ3v) is 5.75. The number of ketones is 1. The fourth-order valence-corrected chi connectivity index (χ4v) is 3.73. The van der Waals surface area contributed by atoms with Crippen LogP contribution in [0.3, 0.4) is 0 Å². The zero-order chi connectivity index (χ0) is 29.7. The average molecular weight is 579 g/mol. The standard InChI is InChI=1S/C24H20F7N3O6/c25-12-4-14(27)13(26)3-11(12)7-34-2-1-33(9-20(34)37)8-19(36)32-17(6-21(38)39)18(35)10-40-24-22(30)15(28)5-16(29)23(24)31/h3-5,17H,1-2,6-10H2,(H,32,36)(H,38,39). The predicted molar refractivity (Wildman–Crippen MR) is 119 cm³/mol. The van der Waals surface area contributed by atoms with E-state index in [2.05, 4.69) is 10.1 Å². The second-order valence-electron chi connectivity index (χ2n) is 8.65. The van der Waals surface area contributed by atoms with Gasteiger partial charge in [-0.25, -0.2) is 22.0 Å². The van der Waals surface area contributed by atoms with Gasteiger partial charge in [0.15, 0.2) is 34.8 Å². The second kappa shape index (κ2) is 12.8. The summed E-state index contributed by atoms with van der Waals surface area (Å²) in [7, 11) is 0. The van der Waals surface area contributed by atoms with E-state index in [0.29, 0.717) is 12.1 Å². The number of carbonyl (C=O) groups excluding carboxylic acids is 3. The van der Waals surface area contributed by atoms with Crippen molar-refractivity contribution in [3.8, 4) is 5.75 Å². The molecule has 40 heavy (non-hydrogen) atoms. The Morgan fingerprint density at radius 3 is 2.10 bits per heavy atom. The highest BCUT2D eigenvalue weighted by Crippen LogP contribution is 2.26. The summed E-state index contributed by atoms with van der Waals surface area (Å²) in [5, 5.41) is 11.1. The number of hydrogen-bond donors (Lipinski definition) is 2. The van der Waals surface area contributed by atoms with Crippen LogP contribution in [0, 0.1) is 40.7 Å². The van der Waals surface area contributed by atoms with Crippen LogP contribution in [0.1, 0.15) is 12.0 Å². The number of Topliss-reactive ketones (excluding diaryl/α,β-unsaturated/α-hetero) is 1. The van der Waals surface area contributed by atoms with E-state index in [0.717, 1.165) is 4.90 Å². The summed E-state index contributed by atoms with van der Waals surface area (Å²) in [6.07, 6.45) is -0.983. The van der Waals surface area contributed by atoms with E-state index >= 15 is 0 Å². The van der Waals surface area contributed by atoms with Gasteiger partial charge in [-0.1, -0.05) is 0 Å². The molecule has 0 aliphatic carbocycles. The Hall–Kier alpha value is -4.21. The van der Waals surface area contributed by atoms with E-state index in [-0.39, 0.29) is 37.8 Å². The lowest BCUT2D eigenvalue weighted by Gasteiger charge is -2.34. The van der Waals surface area contributed by atoms with E-state index in [9.17, 15) is 49.9 Å². The summed E-state index contributed by atoms with van der Waals surface area (Å²) < 4.78 is 99.1. The van der Waals surface area contributed by atoms with Gasteiger partial charge in [0.25, 0.3) is 0 Å². The highest BCUT2D eigenvalue weighted by molar-refractivity contribution is 5.93. The quantitative estimate of drug-likeness (QED) is 0.309. The zero-order valence-electron chi connectivity index (χ0n) is 20.3. The van der Waals surface area contributed by atoms with Crippen LogP contribution in [-0.4, -0.2) is 77.3 Å². The van der Waals surface area contributed by atoms with Crippen LogP contribution in [0.15, 0.2) is 18.2 Å². The van der Waals surface area contributed by atoms with Crippen LogP contribution < -0.4 is 10.1 Å². The summed E-state index contributed by atoms with van der Waals surface area (Å²) in [4.78, 5) is 50.9. The lowest BCUT2D eigenvalue weighted by molar-refractivity contribution is -0.140. The maximum atomic E-state index is 13.9. The Bertz CT molecular complexity index is 1320. The highest BCUT2D eigenvalue weighted by Gasteiger charge is 2.30. The number of nitrogens with one attached hydrogen (secondary N) is 1. The van der Waals surface area contributed by atoms with Crippen LogP contribution in [0.4, 0.5) is 30.7 Å². The van der Waals surface area contributed by atoms with Gasteiger partial charge in [-0.15, -0.1) is 0 Å². The molecule has 0 aromatic heterocycles. The molecule has 2 aromatic carbocycles. The molecule has 0 spiro atoms. The number of rotatable bonds is 11. The van der Waals surface area contributed by atoms with Gasteiger partial charge >= 0.3 is 5.97 Å². The van der Waals surface area contributed by atoms with Crippen molar-refractivity contribution >= 4 is 23.6 Å². The normalized spacial score (nSPS) is 14.7. The van der Waals surface area contributed by atoms with Crippen LogP contribution in [0.5, 0.6) is 5.75 Å². The van der Waals surface area contributed by atoms with Crippen molar-refractivity contribution in [2.45, 2.75) is 19.0 Å².